The second-order valence-corrected chi connectivity index (χ2v) is 6.19. The predicted octanol–water partition coefficient (Wildman–Crippen LogP) is 3.14. The molecule has 3 aromatic rings. The van der Waals surface area contributed by atoms with Crippen molar-refractivity contribution in [2.24, 2.45) is 0 Å². The minimum Gasteiger partial charge on any atom is -0.469 e. The molecule has 0 radical (unpaired) electrons. The number of furan rings is 1. The second-order valence-electron chi connectivity index (χ2n) is 6.19. The summed E-state index contributed by atoms with van der Waals surface area (Å²) >= 11 is 0. The fourth-order valence-corrected chi connectivity index (χ4v) is 2.78. The van der Waals surface area contributed by atoms with Crippen LogP contribution in [0.1, 0.15) is 23.2 Å². The highest BCUT2D eigenvalue weighted by Gasteiger charge is 2.15. The van der Waals surface area contributed by atoms with E-state index >= 15 is 0 Å². The number of para-hydroxylation sites is 1. The number of hydrogen-bond acceptors (Lipinski definition) is 5. The Morgan fingerprint density at radius 1 is 1.15 bits per heavy atom. The quantitative estimate of drug-likeness (QED) is 0.626. The zero-order chi connectivity index (χ0) is 19.2. The van der Waals surface area contributed by atoms with E-state index in [1.54, 1.807) is 12.1 Å². The van der Waals surface area contributed by atoms with Crippen molar-refractivity contribution in [3.05, 3.63) is 60.2 Å². The molecule has 1 heterocycles. The molecule has 0 spiro atoms. The topological polar surface area (TPSA) is 88.8 Å². The van der Waals surface area contributed by atoms with Gasteiger partial charge in [-0.1, -0.05) is 30.3 Å². The monoisotopic (exact) mass is 367 g/mol. The third-order valence-corrected chi connectivity index (χ3v) is 4.34. The van der Waals surface area contributed by atoms with Gasteiger partial charge < -0.3 is 19.6 Å². The lowest BCUT2D eigenvalue weighted by atomic mass is 10.1. The first-order valence-corrected chi connectivity index (χ1v) is 8.68. The summed E-state index contributed by atoms with van der Waals surface area (Å²) in [6, 6.07) is 16.2. The summed E-state index contributed by atoms with van der Waals surface area (Å²) in [5.74, 6) is 0.0439. The maximum atomic E-state index is 12.4. The van der Waals surface area contributed by atoms with Crippen molar-refractivity contribution in [2.75, 3.05) is 13.7 Å². The normalized spacial score (nSPS) is 11.9. The van der Waals surface area contributed by atoms with Gasteiger partial charge in [0.25, 0.3) is 5.91 Å². The van der Waals surface area contributed by atoms with E-state index in [0.29, 0.717) is 12.0 Å². The van der Waals surface area contributed by atoms with Gasteiger partial charge in [0, 0.05) is 22.9 Å². The molecular formula is C21H21NO5. The summed E-state index contributed by atoms with van der Waals surface area (Å²) < 4.78 is 10.4. The van der Waals surface area contributed by atoms with E-state index < -0.39 is 6.04 Å². The molecule has 0 fully saturated rings. The van der Waals surface area contributed by atoms with Gasteiger partial charge in [-0.3, -0.25) is 9.59 Å². The summed E-state index contributed by atoms with van der Waals surface area (Å²) in [4.78, 5) is 23.6. The number of aliphatic hydroxyl groups is 1. The molecular weight excluding hydrogens is 346 g/mol. The number of hydrogen-bond donors (Lipinski definition) is 2. The molecule has 0 aliphatic heterocycles. The summed E-state index contributed by atoms with van der Waals surface area (Å²) in [7, 11) is 1.30. The lowest BCUT2D eigenvalue weighted by Crippen LogP contribution is -2.37. The lowest BCUT2D eigenvalue weighted by Gasteiger charge is -2.15. The molecule has 1 atom stereocenters. The summed E-state index contributed by atoms with van der Waals surface area (Å²) in [6.07, 6.45) is 0.443. The molecule has 0 aliphatic rings. The molecule has 0 aliphatic carbocycles. The number of methoxy groups -OCH3 is 1. The third-order valence-electron chi connectivity index (χ3n) is 4.34. The smallest absolute Gasteiger partial charge is 0.305 e. The largest absolute Gasteiger partial charge is 0.469 e. The molecule has 140 valence electrons. The van der Waals surface area contributed by atoms with Crippen molar-refractivity contribution in [3.8, 4) is 11.3 Å². The van der Waals surface area contributed by atoms with Gasteiger partial charge in [-0.25, -0.2) is 0 Å². The van der Waals surface area contributed by atoms with Crippen LogP contribution in [0.3, 0.4) is 0 Å². The van der Waals surface area contributed by atoms with Crippen molar-refractivity contribution in [1.29, 1.82) is 0 Å². The fourth-order valence-electron chi connectivity index (χ4n) is 2.78. The van der Waals surface area contributed by atoms with Gasteiger partial charge in [0.1, 0.15) is 11.3 Å². The molecule has 6 nitrogen and oxygen atoms in total. The third kappa shape index (κ3) is 4.54. The molecule has 2 aromatic carbocycles. The first kappa shape index (κ1) is 18.7. The molecule has 0 saturated heterocycles. The fraction of sp³-hybridized carbons (Fsp3) is 0.238. The van der Waals surface area contributed by atoms with Crippen LogP contribution in [0.2, 0.25) is 0 Å². The van der Waals surface area contributed by atoms with Gasteiger partial charge in [0.2, 0.25) is 0 Å². The van der Waals surface area contributed by atoms with E-state index in [1.807, 2.05) is 42.5 Å². The van der Waals surface area contributed by atoms with Crippen LogP contribution < -0.4 is 5.32 Å². The number of nitrogens with one attached hydrogen (secondary N) is 1. The van der Waals surface area contributed by atoms with Crippen molar-refractivity contribution in [1.82, 2.24) is 5.32 Å². The molecule has 0 unspecified atom stereocenters. The van der Waals surface area contributed by atoms with Crippen molar-refractivity contribution < 1.29 is 23.8 Å². The highest BCUT2D eigenvalue weighted by atomic mass is 16.5. The van der Waals surface area contributed by atoms with Gasteiger partial charge in [-0.2, -0.15) is 0 Å². The Balaban J connectivity index is 1.66. The minimum atomic E-state index is -0.508. The van der Waals surface area contributed by atoms with Crippen LogP contribution >= 0.6 is 0 Å². The predicted molar refractivity (Wildman–Crippen MR) is 101 cm³/mol. The summed E-state index contributed by atoms with van der Waals surface area (Å²) in [5.41, 5.74) is 2.14. The first-order chi connectivity index (χ1) is 13.1. The summed E-state index contributed by atoms with van der Waals surface area (Å²) in [6.45, 7) is -0.250. The van der Waals surface area contributed by atoms with Crippen LogP contribution in [-0.4, -0.2) is 36.7 Å². The number of fused-ring (bicyclic) bond motifs is 1. The summed E-state index contributed by atoms with van der Waals surface area (Å²) in [5, 5.41) is 13.1. The van der Waals surface area contributed by atoms with E-state index in [1.165, 1.54) is 7.11 Å². The van der Waals surface area contributed by atoms with E-state index in [9.17, 15) is 14.7 Å². The van der Waals surface area contributed by atoms with E-state index in [-0.39, 0.29) is 24.9 Å². The average Bonchev–Trinajstić information content (AvgIpc) is 3.15. The molecule has 1 aromatic heterocycles. The van der Waals surface area contributed by atoms with Crippen LogP contribution in [0.5, 0.6) is 0 Å². The number of carbonyl (C=O) groups excluding carboxylic acids is 2. The molecule has 0 bridgehead atoms. The van der Waals surface area contributed by atoms with Gasteiger partial charge in [0.15, 0.2) is 0 Å². The second kappa shape index (κ2) is 8.51. The number of amides is 1. The van der Waals surface area contributed by atoms with E-state index in [0.717, 1.165) is 22.3 Å². The molecule has 2 N–H and O–H groups in total. The average molecular weight is 367 g/mol. The van der Waals surface area contributed by atoms with Gasteiger partial charge in [-0.15, -0.1) is 0 Å². The van der Waals surface area contributed by atoms with E-state index in [2.05, 4.69) is 10.1 Å². The number of benzene rings is 2. The molecule has 1 amide bonds. The Kier molecular flexibility index (Phi) is 5.88. The Morgan fingerprint density at radius 2 is 1.89 bits per heavy atom. The van der Waals surface area contributed by atoms with Crippen LogP contribution in [0, 0.1) is 0 Å². The molecule has 27 heavy (non-hydrogen) atoms. The van der Waals surface area contributed by atoms with Gasteiger partial charge in [-0.05, 0) is 30.7 Å². The van der Waals surface area contributed by atoms with Crippen molar-refractivity contribution >= 4 is 22.8 Å². The SMILES string of the molecule is COC(=O)CC[C@@H](CO)NC(=O)c1ccc(-c2cc3ccccc3o2)cc1. The zero-order valence-corrected chi connectivity index (χ0v) is 15.0. The Bertz CT molecular complexity index is 896. The van der Waals surface area contributed by atoms with E-state index in [4.69, 9.17) is 4.42 Å². The number of rotatable bonds is 7. The minimum absolute atomic E-state index is 0.132. The van der Waals surface area contributed by atoms with Crippen LogP contribution in [-0.2, 0) is 9.53 Å². The standard InChI is InChI=1S/C21H21NO5/c1-26-20(24)11-10-17(13-23)22-21(25)15-8-6-14(7-9-15)19-12-16-4-2-3-5-18(16)27-19/h2-9,12,17,23H,10-11,13H2,1H3,(H,22,25)/t17-/m0/s1. The molecule has 6 heteroatoms. The zero-order valence-electron chi connectivity index (χ0n) is 15.0. The number of aliphatic hydroxyl groups excluding tert-OH is 1. The maximum Gasteiger partial charge on any atom is 0.305 e. The molecule has 3 rings (SSSR count). The van der Waals surface area contributed by atoms with Gasteiger partial charge >= 0.3 is 5.97 Å². The van der Waals surface area contributed by atoms with Crippen LogP contribution in [0.4, 0.5) is 0 Å². The number of carbonyl (C=O) groups is 2. The number of esters is 1. The molecule has 0 saturated carbocycles. The van der Waals surface area contributed by atoms with Crippen LogP contribution in [0.15, 0.2) is 59.0 Å². The maximum absolute atomic E-state index is 12.4. The number of ether oxygens (including phenoxy) is 1. The van der Waals surface area contributed by atoms with Gasteiger partial charge in [0.05, 0.1) is 19.8 Å². The van der Waals surface area contributed by atoms with Crippen molar-refractivity contribution in [2.45, 2.75) is 18.9 Å². The van der Waals surface area contributed by atoms with Crippen LogP contribution in [0.25, 0.3) is 22.3 Å². The Hall–Kier alpha value is -3.12. The Labute approximate surface area is 156 Å². The Morgan fingerprint density at radius 3 is 2.56 bits per heavy atom. The first-order valence-electron chi connectivity index (χ1n) is 8.68. The van der Waals surface area contributed by atoms with Crippen molar-refractivity contribution in [3.63, 3.8) is 0 Å². The highest BCUT2D eigenvalue weighted by Crippen LogP contribution is 2.27. The lowest BCUT2D eigenvalue weighted by molar-refractivity contribution is -0.140. The highest BCUT2D eigenvalue weighted by molar-refractivity contribution is 5.95.